The van der Waals surface area contributed by atoms with Crippen LogP contribution in [0.15, 0.2) is 24.3 Å². The summed E-state index contributed by atoms with van der Waals surface area (Å²) in [5.41, 5.74) is 1.99. The molecule has 2 aromatic rings. The van der Waals surface area contributed by atoms with Gasteiger partial charge in [-0.05, 0) is 50.5 Å². The largest absolute Gasteiger partial charge is 0.524 e. The molecule has 0 amide bonds. The molecule has 202 valence electrons. The molecule has 2 aromatic carbocycles. The Morgan fingerprint density at radius 2 is 1.06 bits per heavy atom. The smallest absolute Gasteiger partial charge is 0.507 e. The van der Waals surface area contributed by atoms with Crippen molar-refractivity contribution in [2.75, 3.05) is 0 Å². The van der Waals surface area contributed by atoms with E-state index >= 15 is 0 Å². The van der Waals surface area contributed by atoms with Gasteiger partial charge < -0.3 is 14.7 Å². The maximum Gasteiger partial charge on any atom is 0.524 e. The Labute approximate surface area is 217 Å². The van der Waals surface area contributed by atoms with Crippen molar-refractivity contribution in [2.24, 2.45) is 0 Å². The topological polar surface area (TPSA) is 107 Å². The third-order valence-corrected chi connectivity index (χ3v) is 6.82. The van der Waals surface area contributed by atoms with Crippen LogP contribution < -0.4 is 4.52 Å². The summed E-state index contributed by atoms with van der Waals surface area (Å²) < 4.78 is 17.3. The first-order chi connectivity index (χ1) is 15.8. The van der Waals surface area contributed by atoms with Crippen molar-refractivity contribution in [1.82, 2.24) is 0 Å². The van der Waals surface area contributed by atoms with Gasteiger partial charge in [0.25, 0.3) is 0 Å². The van der Waals surface area contributed by atoms with Crippen LogP contribution in [-0.4, -0.2) is 20.0 Å². The number of aromatic hydroxyl groups is 1. The van der Waals surface area contributed by atoms with Crippen molar-refractivity contribution in [3.05, 3.63) is 57.6 Å². The lowest BCUT2D eigenvalue weighted by molar-refractivity contribution is 0.208. The third kappa shape index (κ3) is 6.92. The van der Waals surface area contributed by atoms with Crippen molar-refractivity contribution >= 4 is 7.82 Å². The molecule has 4 N–H and O–H groups in total. The van der Waals surface area contributed by atoms with Gasteiger partial charge in [0, 0.05) is 16.7 Å². The molecule has 0 aliphatic carbocycles. The Hall–Kier alpha value is -1.85. The van der Waals surface area contributed by atoms with Gasteiger partial charge in [-0.25, -0.2) is 4.57 Å². The van der Waals surface area contributed by atoms with Crippen LogP contribution in [0.1, 0.15) is 123 Å². The van der Waals surface area contributed by atoms with Crippen LogP contribution >= 0.6 is 7.82 Å². The van der Waals surface area contributed by atoms with Gasteiger partial charge in [-0.3, -0.25) is 9.79 Å². The number of phenolic OH excluding ortho intramolecular Hbond substituents is 1. The second-order valence-corrected chi connectivity index (χ2v) is 15.1. The van der Waals surface area contributed by atoms with Crippen LogP contribution in [0, 0.1) is 0 Å². The van der Waals surface area contributed by atoms with Crippen LogP contribution in [0.4, 0.5) is 0 Å². The number of phenols is 1. The second-order valence-electron chi connectivity index (χ2n) is 13.9. The zero-order chi connectivity index (χ0) is 28.2. The van der Waals surface area contributed by atoms with Crippen molar-refractivity contribution in [3.63, 3.8) is 0 Å². The van der Waals surface area contributed by atoms with E-state index in [1.54, 1.807) is 12.1 Å². The monoisotopic (exact) mass is 520 g/mol. The number of benzene rings is 2. The molecule has 0 spiro atoms. The zero-order valence-corrected chi connectivity index (χ0v) is 24.8. The van der Waals surface area contributed by atoms with Gasteiger partial charge in [-0.1, -0.05) is 95.2 Å². The minimum Gasteiger partial charge on any atom is -0.507 e. The Kier molecular flexibility index (Phi) is 7.99. The summed E-state index contributed by atoms with van der Waals surface area (Å²) >= 11 is 0. The molecule has 1 atom stereocenters. The van der Waals surface area contributed by atoms with Gasteiger partial charge in [0.2, 0.25) is 0 Å². The van der Waals surface area contributed by atoms with E-state index in [0.717, 1.165) is 11.1 Å². The predicted molar refractivity (Wildman–Crippen MR) is 146 cm³/mol. The van der Waals surface area contributed by atoms with Crippen molar-refractivity contribution in [1.29, 1.82) is 0 Å². The zero-order valence-electron chi connectivity index (χ0n) is 23.9. The summed E-state index contributed by atoms with van der Waals surface area (Å²) in [6, 6.07) is 7.35. The highest BCUT2D eigenvalue weighted by Crippen LogP contribution is 2.50. The van der Waals surface area contributed by atoms with E-state index in [2.05, 4.69) is 20.8 Å². The normalized spacial score (nSPS) is 14.6. The highest BCUT2D eigenvalue weighted by Gasteiger charge is 2.34. The van der Waals surface area contributed by atoms with Crippen molar-refractivity contribution in [2.45, 2.75) is 111 Å². The fraction of sp³-hybridized carbons (Fsp3) is 0.586. The SMILES string of the molecule is CC(C)(C)c1cc(C(O)c2cc(C(C)(C)C)cc(C(C)(C)C)c2OP(=O)(O)O)c(O)c(C(C)(C)C)c1. The van der Waals surface area contributed by atoms with Gasteiger partial charge in [-0.2, -0.15) is 0 Å². The highest BCUT2D eigenvalue weighted by molar-refractivity contribution is 7.46. The first kappa shape index (κ1) is 30.4. The number of phosphoric ester groups is 1. The lowest BCUT2D eigenvalue weighted by Gasteiger charge is -2.32. The molecular formula is C29H45O6P. The molecular weight excluding hydrogens is 475 g/mol. The molecule has 7 heteroatoms. The lowest BCUT2D eigenvalue weighted by Crippen LogP contribution is -2.21. The summed E-state index contributed by atoms with van der Waals surface area (Å²) in [6.45, 7) is 24.0. The van der Waals surface area contributed by atoms with Crippen LogP contribution in [0.5, 0.6) is 11.5 Å². The van der Waals surface area contributed by atoms with Gasteiger partial charge in [-0.15, -0.1) is 0 Å². The van der Waals surface area contributed by atoms with Crippen molar-refractivity contribution in [3.8, 4) is 11.5 Å². The van der Waals surface area contributed by atoms with E-state index in [1.165, 1.54) is 0 Å². The molecule has 0 saturated heterocycles. The van der Waals surface area contributed by atoms with Crippen LogP contribution in [-0.2, 0) is 26.2 Å². The van der Waals surface area contributed by atoms with Crippen LogP contribution in [0.3, 0.4) is 0 Å². The minimum absolute atomic E-state index is 0.0383. The quantitative estimate of drug-likeness (QED) is 0.319. The van der Waals surface area contributed by atoms with E-state index in [9.17, 15) is 24.6 Å². The summed E-state index contributed by atoms with van der Waals surface area (Å²) in [7, 11) is -4.96. The minimum atomic E-state index is -4.96. The van der Waals surface area contributed by atoms with E-state index < -0.39 is 24.8 Å². The number of hydrogen-bond donors (Lipinski definition) is 4. The second kappa shape index (κ2) is 9.47. The first-order valence-corrected chi connectivity index (χ1v) is 13.9. The Morgan fingerprint density at radius 3 is 1.42 bits per heavy atom. The average molecular weight is 521 g/mol. The summed E-state index contributed by atoms with van der Waals surface area (Å²) in [5, 5.41) is 23.2. The third-order valence-electron chi connectivity index (χ3n) is 6.40. The molecule has 2 rings (SSSR count). The van der Waals surface area contributed by atoms with Gasteiger partial charge in [0.15, 0.2) is 0 Å². The molecule has 0 heterocycles. The summed E-state index contributed by atoms with van der Waals surface area (Å²) in [6.07, 6.45) is -1.39. The molecule has 0 aliphatic rings. The van der Waals surface area contributed by atoms with Crippen LogP contribution in [0.2, 0.25) is 0 Å². The van der Waals surface area contributed by atoms with Crippen molar-refractivity contribution < 1.29 is 29.1 Å². The van der Waals surface area contributed by atoms with Gasteiger partial charge >= 0.3 is 7.82 Å². The summed E-state index contributed by atoms with van der Waals surface area (Å²) in [5.74, 6) is -0.0993. The maximum absolute atomic E-state index is 12.1. The molecule has 6 nitrogen and oxygen atoms in total. The number of phosphoric acid groups is 1. The first-order valence-electron chi connectivity index (χ1n) is 12.3. The Bertz CT molecular complexity index is 1160. The fourth-order valence-electron chi connectivity index (χ4n) is 4.10. The van der Waals surface area contributed by atoms with E-state index in [1.807, 2.05) is 74.4 Å². The molecule has 1 unspecified atom stereocenters. The highest BCUT2D eigenvalue weighted by atomic mass is 31.2. The molecule has 0 fully saturated rings. The number of aliphatic hydroxyl groups excluding tert-OH is 1. The number of aliphatic hydroxyl groups is 1. The molecule has 0 bridgehead atoms. The lowest BCUT2D eigenvalue weighted by atomic mass is 9.76. The molecule has 0 aromatic heterocycles. The molecule has 0 saturated carbocycles. The molecule has 36 heavy (non-hydrogen) atoms. The van der Waals surface area contributed by atoms with E-state index in [4.69, 9.17) is 4.52 Å². The molecule has 0 radical (unpaired) electrons. The predicted octanol–water partition coefficient (Wildman–Crippen LogP) is 7.14. The standard InChI is InChI=1S/C29H45O6P/c1-26(2,3)17-13-19(24(31)21(15-17)28(7,8)9)23(30)20-14-18(27(4,5)6)16-22(29(10,11)12)25(20)35-36(32,33)34/h13-16,23,30-31H,1-12H3,(H2,32,33,34). The molecule has 0 aliphatic heterocycles. The number of rotatable bonds is 4. The Balaban J connectivity index is 3.04. The summed E-state index contributed by atoms with van der Waals surface area (Å²) in [4.78, 5) is 19.6. The fourth-order valence-corrected chi connectivity index (χ4v) is 4.54. The van der Waals surface area contributed by atoms with Crippen LogP contribution in [0.25, 0.3) is 0 Å². The van der Waals surface area contributed by atoms with E-state index in [-0.39, 0.29) is 33.5 Å². The van der Waals surface area contributed by atoms with E-state index in [0.29, 0.717) is 11.1 Å². The average Bonchev–Trinajstić information content (AvgIpc) is 2.62. The maximum atomic E-state index is 12.1. The number of hydrogen-bond acceptors (Lipinski definition) is 4. The Morgan fingerprint density at radius 1 is 0.667 bits per heavy atom. The van der Waals surface area contributed by atoms with Gasteiger partial charge in [0.1, 0.15) is 17.6 Å². The van der Waals surface area contributed by atoms with Gasteiger partial charge in [0.05, 0.1) is 0 Å².